The number of nitrogens with zero attached hydrogens (tertiary/aromatic N) is 2. The number of aromatic nitrogens is 2. The minimum Gasteiger partial charge on any atom is -0.457 e. The van der Waals surface area contributed by atoms with Gasteiger partial charge in [-0.15, -0.1) is 22.7 Å². The van der Waals surface area contributed by atoms with Crippen molar-refractivity contribution < 1.29 is 24.5 Å². The molecule has 0 aromatic carbocycles. The lowest BCUT2D eigenvalue weighted by Crippen LogP contribution is -2.45. The number of ketones is 1. The lowest BCUT2D eigenvalue weighted by molar-refractivity contribution is -0.154. The summed E-state index contributed by atoms with van der Waals surface area (Å²) in [6, 6.07) is 0. The van der Waals surface area contributed by atoms with Gasteiger partial charge in [0.15, 0.2) is 0 Å². The van der Waals surface area contributed by atoms with E-state index in [4.69, 9.17) is 4.74 Å². The standard InChI is InChI=1S/C30H42N2O5S2/c1-18-8-7-9-22(15-26-31-12-13-38-26)10-11-24(19(2)14-23-17-39-21(4)32-23)37-27(34)16-25(33)30(5,6)29(36)20(3)28(18)35/h10,12-14,17-18,20,24-25,28,33,35H,7-9,11,15-16H2,1-6H3/b19-14+,22-10+/t18-,20+,24-,25-,28-/m0/s1. The minimum atomic E-state index is -1.24. The predicted molar refractivity (Wildman–Crippen MR) is 156 cm³/mol. The third-order valence-corrected chi connectivity index (χ3v) is 9.34. The van der Waals surface area contributed by atoms with Crippen LogP contribution in [0.4, 0.5) is 0 Å². The fourth-order valence-electron chi connectivity index (χ4n) is 5.01. The number of carbonyl (C=O) groups excluding carboxylic acids is 2. The Hall–Kier alpha value is -2.20. The van der Waals surface area contributed by atoms with Gasteiger partial charge in [-0.05, 0) is 50.7 Å². The number of aliphatic hydroxyl groups excluding tert-OH is 2. The van der Waals surface area contributed by atoms with Crippen LogP contribution in [0, 0.1) is 24.2 Å². The van der Waals surface area contributed by atoms with Gasteiger partial charge in [0.25, 0.3) is 0 Å². The summed E-state index contributed by atoms with van der Waals surface area (Å²) in [5.41, 5.74) is 1.66. The molecule has 0 fully saturated rings. The van der Waals surface area contributed by atoms with Crippen molar-refractivity contribution in [1.29, 1.82) is 0 Å². The molecule has 0 saturated heterocycles. The number of rotatable bonds is 4. The molecule has 0 unspecified atom stereocenters. The fourth-order valence-corrected chi connectivity index (χ4v) is 6.25. The van der Waals surface area contributed by atoms with Gasteiger partial charge in [0.2, 0.25) is 0 Å². The van der Waals surface area contributed by atoms with Gasteiger partial charge in [-0.25, -0.2) is 9.97 Å². The number of Topliss-reactive ketones (excluding diaryl/α,β-unsaturated/α-hetero) is 1. The molecular weight excluding hydrogens is 532 g/mol. The summed E-state index contributed by atoms with van der Waals surface area (Å²) in [5, 5.41) is 27.8. The highest BCUT2D eigenvalue weighted by Gasteiger charge is 2.42. The van der Waals surface area contributed by atoms with Gasteiger partial charge in [0, 0.05) is 35.7 Å². The number of cyclic esters (lactones) is 1. The lowest BCUT2D eigenvalue weighted by atomic mass is 9.73. The number of aliphatic hydroxyl groups is 2. The molecule has 7 nitrogen and oxygen atoms in total. The minimum absolute atomic E-state index is 0.0876. The zero-order valence-corrected chi connectivity index (χ0v) is 25.5. The first-order valence-corrected chi connectivity index (χ1v) is 15.4. The predicted octanol–water partition coefficient (Wildman–Crippen LogP) is 5.95. The molecule has 3 heterocycles. The number of ether oxygens (including phenoxy) is 1. The Bertz CT molecular complexity index is 1170. The molecule has 0 bridgehead atoms. The van der Waals surface area contributed by atoms with Crippen LogP contribution in [0.5, 0.6) is 0 Å². The van der Waals surface area contributed by atoms with Crippen molar-refractivity contribution in [2.24, 2.45) is 17.3 Å². The molecule has 0 saturated carbocycles. The molecular formula is C30H42N2O5S2. The molecule has 214 valence electrons. The van der Waals surface area contributed by atoms with Gasteiger partial charge >= 0.3 is 5.97 Å². The molecule has 1 aliphatic rings. The largest absolute Gasteiger partial charge is 0.457 e. The summed E-state index contributed by atoms with van der Waals surface area (Å²) in [5.74, 6) is -1.59. The molecule has 5 atom stereocenters. The average Bonchev–Trinajstić information content (AvgIpc) is 3.55. The van der Waals surface area contributed by atoms with Crippen LogP contribution >= 0.6 is 22.7 Å². The summed E-state index contributed by atoms with van der Waals surface area (Å²) in [4.78, 5) is 35.4. The molecule has 0 amide bonds. The van der Waals surface area contributed by atoms with Crippen LogP contribution in [-0.2, 0) is 20.7 Å². The normalized spacial score (nSPS) is 29.5. The number of allylic oxidation sites excluding steroid dienone is 1. The van der Waals surface area contributed by atoms with Crippen molar-refractivity contribution in [3.05, 3.63) is 49.9 Å². The first-order valence-electron chi connectivity index (χ1n) is 13.6. The number of hydrogen-bond donors (Lipinski definition) is 2. The zero-order chi connectivity index (χ0) is 28.7. The molecule has 39 heavy (non-hydrogen) atoms. The topological polar surface area (TPSA) is 110 Å². The maximum atomic E-state index is 13.3. The van der Waals surface area contributed by atoms with E-state index in [1.165, 1.54) is 5.57 Å². The smallest absolute Gasteiger partial charge is 0.309 e. The second-order valence-corrected chi connectivity index (χ2v) is 13.4. The van der Waals surface area contributed by atoms with E-state index in [0.29, 0.717) is 12.8 Å². The third-order valence-electron chi connectivity index (χ3n) is 7.77. The Balaban J connectivity index is 1.94. The molecule has 1 aliphatic heterocycles. The Labute approximate surface area is 240 Å². The summed E-state index contributed by atoms with van der Waals surface area (Å²) >= 11 is 3.17. The fraction of sp³-hybridized carbons (Fsp3) is 0.600. The first kappa shape index (κ1) is 31.3. The lowest BCUT2D eigenvalue weighted by Gasteiger charge is -2.34. The molecule has 2 aromatic rings. The molecule has 2 aromatic heterocycles. The Morgan fingerprint density at radius 3 is 2.62 bits per heavy atom. The maximum absolute atomic E-state index is 13.3. The quantitative estimate of drug-likeness (QED) is 0.343. The van der Waals surface area contributed by atoms with E-state index in [0.717, 1.165) is 40.5 Å². The number of thiazole rings is 2. The van der Waals surface area contributed by atoms with Crippen LogP contribution in [0.1, 0.15) is 82.4 Å². The van der Waals surface area contributed by atoms with Gasteiger partial charge < -0.3 is 14.9 Å². The van der Waals surface area contributed by atoms with E-state index < -0.39 is 35.6 Å². The van der Waals surface area contributed by atoms with Gasteiger partial charge in [-0.3, -0.25) is 9.59 Å². The van der Waals surface area contributed by atoms with Crippen LogP contribution in [0.15, 0.2) is 34.2 Å². The van der Waals surface area contributed by atoms with Crippen molar-refractivity contribution in [3.8, 4) is 0 Å². The van der Waals surface area contributed by atoms with Gasteiger partial charge in [0.1, 0.15) is 11.9 Å². The Kier molecular flexibility index (Phi) is 11.2. The Morgan fingerprint density at radius 1 is 1.23 bits per heavy atom. The maximum Gasteiger partial charge on any atom is 0.309 e. The highest BCUT2D eigenvalue weighted by Crippen LogP contribution is 2.33. The van der Waals surface area contributed by atoms with E-state index >= 15 is 0 Å². The van der Waals surface area contributed by atoms with E-state index in [1.54, 1.807) is 49.6 Å². The zero-order valence-electron chi connectivity index (χ0n) is 23.8. The number of esters is 1. The summed E-state index contributed by atoms with van der Waals surface area (Å²) in [6.07, 6.45) is 6.57. The second kappa shape index (κ2) is 13.9. The van der Waals surface area contributed by atoms with Crippen LogP contribution in [0.3, 0.4) is 0 Å². The van der Waals surface area contributed by atoms with Crippen LogP contribution in [0.25, 0.3) is 6.08 Å². The molecule has 0 spiro atoms. The van der Waals surface area contributed by atoms with Crippen molar-refractivity contribution in [2.45, 2.75) is 98.4 Å². The molecule has 9 heteroatoms. The molecule has 3 rings (SSSR count). The highest BCUT2D eigenvalue weighted by molar-refractivity contribution is 7.09. The van der Waals surface area contributed by atoms with Gasteiger partial charge in [-0.1, -0.05) is 39.3 Å². The molecule has 0 aliphatic carbocycles. The van der Waals surface area contributed by atoms with Gasteiger partial charge in [-0.2, -0.15) is 0 Å². The monoisotopic (exact) mass is 574 g/mol. The van der Waals surface area contributed by atoms with Crippen LogP contribution < -0.4 is 0 Å². The molecule has 2 N–H and O–H groups in total. The van der Waals surface area contributed by atoms with Crippen molar-refractivity contribution in [2.75, 3.05) is 0 Å². The van der Waals surface area contributed by atoms with Gasteiger partial charge in [0.05, 0.1) is 39.8 Å². The van der Waals surface area contributed by atoms with Crippen molar-refractivity contribution >= 4 is 40.5 Å². The van der Waals surface area contributed by atoms with E-state index in [2.05, 4.69) is 16.0 Å². The average molecular weight is 575 g/mol. The SMILES string of the molecule is C/C(=C\c1csc(C)n1)[C@@H]1C/C=C(/Cc2nccs2)CCC[C@H](C)[C@H](O)[C@@H](C)C(=O)C(C)(C)[C@@H](O)CC(=O)O1. The summed E-state index contributed by atoms with van der Waals surface area (Å²) < 4.78 is 5.93. The third kappa shape index (κ3) is 8.64. The summed E-state index contributed by atoms with van der Waals surface area (Å²) in [6.45, 7) is 10.8. The number of carbonyl (C=O) groups is 2. The van der Waals surface area contributed by atoms with Crippen LogP contribution in [0.2, 0.25) is 0 Å². The Morgan fingerprint density at radius 2 is 1.97 bits per heavy atom. The van der Waals surface area contributed by atoms with E-state index in [1.807, 2.05) is 37.6 Å². The van der Waals surface area contributed by atoms with E-state index in [-0.39, 0.29) is 18.1 Å². The highest BCUT2D eigenvalue weighted by atomic mass is 32.1. The first-order chi connectivity index (χ1) is 18.4. The summed E-state index contributed by atoms with van der Waals surface area (Å²) in [7, 11) is 0. The van der Waals surface area contributed by atoms with Crippen molar-refractivity contribution in [3.63, 3.8) is 0 Å². The van der Waals surface area contributed by atoms with Crippen molar-refractivity contribution in [1.82, 2.24) is 9.97 Å². The molecule has 0 radical (unpaired) electrons. The number of aryl methyl sites for hydroxylation is 1. The van der Waals surface area contributed by atoms with E-state index in [9.17, 15) is 19.8 Å². The van der Waals surface area contributed by atoms with Crippen LogP contribution in [-0.4, -0.2) is 50.2 Å². The second-order valence-electron chi connectivity index (χ2n) is 11.3. The number of hydrogen-bond acceptors (Lipinski definition) is 9.